The molecule has 0 bridgehead atoms. The fourth-order valence-electron chi connectivity index (χ4n) is 1.71. The monoisotopic (exact) mass is 291 g/mol. The number of carbonyl (C=O) groups is 1. The summed E-state index contributed by atoms with van der Waals surface area (Å²) in [6.07, 6.45) is 3.01. The van der Waals surface area contributed by atoms with Gasteiger partial charge in [-0.1, -0.05) is 57.0 Å². The van der Waals surface area contributed by atoms with Crippen LogP contribution >= 0.6 is 15.9 Å². The lowest BCUT2D eigenvalue weighted by molar-refractivity contribution is -0.126. The van der Waals surface area contributed by atoms with Gasteiger partial charge in [-0.25, -0.2) is 0 Å². The molecule has 0 aliphatic heterocycles. The van der Waals surface area contributed by atoms with Gasteiger partial charge in [-0.3, -0.25) is 4.79 Å². The van der Waals surface area contributed by atoms with Crippen molar-refractivity contribution in [3.8, 4) is 0 Å². The molecule has 0 aliphatic rings. The predicted octanol–water partition coefficient (Wildman–Crippen LogP) is 3.74. The molecule has 1 amide bonds. The molecule has 2 atom stereocenters. The first-order valence-corrected chi connectivity index (χ1v) is 7.31. The molecule has 0 rings (SSSR count). The third kappa shape index (κ3) is 5.88. The van der Waals surface area contributed by atoms with Crippen LogP contribution in [0.3, 0.4) is 0 Å². The number of alkyl halides is 1. The number of halogens is 1. The van der Waals surface area contributed by atoms with E-state index in [2.05, 4.69) is 48.9 Å². The number of hydrogen-bond donors (Lipinski definition) is 1. The van der Waals surface area contributed by atoms with Crippen molar-refractivity contribution in [1.29, 1.82) is 0 Å². The van der Waals surface area contributed by atoms with Gasteiger partial charge in [0, 0.05) is 17.3 Å². The quantitative estimate of drug-likeness (QED) is 0.742. The van der Waals surface area contributed by atoms with Gasteiger partial charge in [0.25, 0.3) is 0 Å². The second kappa shape index (κ2) is 7.31. The van der Waals surface area contributed by atoms with E-state index in [1.165, 1.54) is 0 Å². The third-order valence-electron chi connectivity index (χ3n) is 2.93. The van der Waals surface area contributed by atoms with E-state index in [-0.39, 0.29) is 23.3 Å². The van der Waals surface area contributed by atoms with E-state index in [1.54, 1.807) is 0 Å². The molecule has 0 aromatic heterocycles. The topological polar surface area (TPSA) is 29.1 Å². The first kappa shape index (κ1) is 16.0. The minimum absolute atomic E-state index is 0.120. The van der Waals surface area contributed by atoms with Gasteiger partial charge < -0.3 is 5.32 Å². The molecule has 0 aromatic rings. The minimum Gasteiger partial charge on any atom is -0.353 e. The molecule has 1 N–H and O–H groups in total. The predicted molar refractivity (Wildman–Crippen MR) is 73.9 cm³/mol. The molecular formula is C13H26BrNO. The molecule has 0 aromatic carbocycles. The van der Waals surface area contributed by atoms with E-state index < -0.39 is 0 Å². The Morgan fingerprint density at radius 2 is 1.88 bits per heavy atom. The van der Waals surface area contributed by atoms with Gasteiger partial charge in [0.1, 0.15) is 0 Å². The van der Waals surface area contributed by atoms with Crippen LogP contribution in [0.4, 0.5) is 0 Å². The second-order valence-corrected chi connectivity index (χ2v) is 6.39. The van der Waals surface area contributed by atoms with Crippen molar-refractivity contribution in [1.82, 2.24) is 5.32 Å². The Morgan fingerprint density at radius 1 is 1.31 bits per heavy atom. The first-order chi connectivity index (χ1) is 7.32. The minimum atomic E-state index is 0.120. The van der Waals surface area contributed by atoms with Gasteiger partial charge in [0.05, 0.1) is 0 Å². The molecule has 0 saturated carbocycles. The smallest absolute Gasteiger partial charge is 0.223 e. The zero-order valence-electron chi connectivity index (χ0n) is 11.3. The highest BCUT2D eigenvalue weighted by Gasteiger charge is 2.26. The molecular weight excluding hydrogens is 266 g/mol. The van der Waals surface area contributed by atoms with Gasteiger partial charge >= 0.3 is 0 Å². The van der Waals surface area contributed by atoms with Crippen LogP contribution in [0.2, 0.25) is 0 Å². The lowest BCUT2D eigenvalue weighted by Crippen LogP contribution is -2.45. The SMILES string of the molecule is CCCC(C)C(=O)NC(CCBr)C(C)(C)C. The van der Waals surface area contributed by atoms with Crippen LogP contribution in [0.1, 0.15) is 53.9 Å². The van der Waals surface area contributed by atoms with Crippen molar-refractivity contribution in [2.24, 2.45) is 11.3 Å². The molecule has 2 unspecified atom stereocenters. The average molecular weight is 292 g/mol. The highest BCUT2D eigenvalue weighted by molar-refractivity contribution is 9.09. The molecule has 0 radical (unpaired) electrons. The molecule has 0 fully saturated rings. The molecule has 0 heterocycles. The summed E-state index contributed by atoms with van der Waals surface area (Å²) >= 11 is 3.45. The number of hydrogen-bond acceptors (Lipinski definition) is 1. The fourth-order valence-corrected chi connectivity index (χ4v) is 2.17. The lowest BCUT2D eigenvalue weighted by atomic mass is 9.85. The van der Waals surface area contributed by atoms with Crippen molar-refractivity contribution in [3.63, 3.8) is 0 Å². The van der Waals surface area contributed by atoms with Crippen molar-refractivity contribution in [2.75, 3.05) is 5.33 Å². The maximum Gasteiger partial charge on any atom is 0.223 e. The number of nitrogens with one attached hydrogen (secondary N) is 1. The molecule has 0 saturated heterocycles. The summed E-state index contributed by atoms with van der Waals surface area (Å²) in [7, 11) is 0. The highest BCUT2D eigenvalue weighted by atomic mass is 79.9. The van der Waals surface area contributed by atoms with Crippen molar-refractivity contribution in [2.45, 2.75) is 59.9 Å². The normalized spacial score (nSPS) is 15.6. The summed E-state index contributed by atoms with van der Waals surface area (Å²) in [6.45, 7) is 10.6. The summed E-state index contributed by atoms with van der Waals surface area (Å²) in [6, 6.07) is 0.249. The zero-order chi connectivity index (χ0) is 12.8. The molecule has 0 spiro atoms. The van der Waals surface area contributed by atoms with Crippen LogP contribution < -0.4 is 5.32 Å². The third-order valence-corrected chi connectivity index (χ3v) is 3.39. The van der Waals surface area contributed by atoms with Gasteiger partial charge in [0.2, 0.25) is 5.91 Å². The second-order valence-electron chi connectivity index (χ2n) is 5.59. The van der Waals surface area contributed by atoms with Gasteiger partial charge in [-0.15, -0.1) is 0 Å². The number of carbonyl (C=O) groups excluding carboxylic acids is 1. The maximum absolute atomic E-state index is 11.9. The maximum atomic E-state index is 11.9. The largest absolute Gasteiger partial charge is 0.353 e. The Kier molecular flexibility index (Phi) is 7.29. The summed E-state index contributed by atoms with van der Waals surface area (Å²) in [5.74, 6) is 0.327. The number of rotatable bonds is 6. The standard InChI is InChI=1S/C13H26BrNO/c1-6-7-10(2)12(16)15-11(8-9-14)13(3,4)5/h10-11H,6-9H2,1-5H3,(H,15,16). The molecule has 0 aliphatic carbocycles. The molecule has 3 heteroatoms. The van der Waals surface area contributed by atoms with E-state index in [4.69, 9.17) is 0 Å². The van der Waals surface area contributed by atoms with Gasteiger partial charge in [0.15, 0.2) is 0 Å². The van der Waals surface area contributed by atoms with Crippen LogP contribution in [0.25, 0.3) is 0 Å². The fraction of sp³-hybridized carbons (Fsp3) is 0.923. The highest BCUT2D eigenvalue weighted by Crippen LogP contribution is 2.23. The lowest BCUT2D eigenvalue weighted by Gasteiger charge is -2.32. The summed E-state index contributed by atoms with van der Waals surface area (Å²) in [5, 5.41) is 4.10. The van der Waals surface area contributed by atoms with Crippen LogP contribution in [0.5, 0.6) is 0 Å². The Bertz CT molecular complexity index is 210. The van der Waals surface area contributed by atoms with E-state index in [9.17, 15) is 4.79 Å². The van der Waals surface area contributed by atoms with E-state index in [0.29, 0.717) is 0 Å². The summed E-state index contributed by atoms with van der Waals surface area (Å²) < 4.78 is 0. The van der Waals surface area contributed by atoms with Gasteiger partial charge in [-0.05, 0) is 18.3 Å². The van der Waals surface area contributed by atoms with E-state index in [1.807, 2.05) is 6.92 Å². The zero-order valence-corrected chi connectivity index (χ0v) is 12.9. The van der Waals surface area contributed by atoms with Crippen LogP contribution in [0, 0.1) is 11.3 Å². The Labute approximate surface area is 109 Å². The van der Waals surface area contributed by atoms with E-state index in [0.717, 1.165) is 24.6 Å². The number of amides is 1. The van der Waals surface area contributed by atoms with Crippen LogP contribution in [-0.2, 0) is 4.79 Å². The Morgan fingerprint density at radius 3 is 2.25 bits per heavy atom. The average Bonchev–Trinajstić information content (AvgIpc) is 2.15. The van der Waals surface area contributed by atoms with Crippen molar-refractivity contribution < 1.29 is 4.79 Å². The molecule has 2 nitrogen and oxygen atoms in total. The van der Waals surface area contributed by atoms with Crippen molar-refractivity contribution >= 4 is 21.8 Å². The Balaban J connectivity index is 4.34. The first-order valence-electron chi connectivity index (χ1n) is 6.19. The van der Waals surface area contributed by atoms with Crippen LogP contribution in [-0.4, -0.2) is 17.3 Å². The molecule has 16 heavy (non-hydrogen) atoms. The summed E-state index contributed by atoms with van der Waals surface area (Å²) in [5.41, 5.74) is 0.120. The van der Waals surface area contributed by atoms with Gasteiger partial charge in [-0.2, -0.15) is 0 Å². The van der Waals surface area contributed by atoms with Crippen molar-refractivity contribution in [3.05, 3.63) is 0 Å². The van der Waals surface area contributed by atoms with Crippen LogP contribution in [0.15, 0.2) is 0 Å². The van der Waals surface area contributed by atoms with E-state index >= 15 is 0 Å². The summed E-state index contributed by atoms with van der Waals surface area (Å²) in [4.78, 5) is 11.9. The molecule has 96 valence electrons. The Hall–Kier alpha value is -0.0500.